The third-order valence-corrected chi connectivity index (χ3v) is 3.59. The van der Waals surface area contributed by atoms with Crippen molar-refractivity contribution in [2.45, 2.75) is 26.3 Å². The lowest BCUT2D eigenvalue weighted by Gasteiger charge is -2.16. The van der Waals surface area contributed by atoms with Crippen LogP contribution in [0.1, 0.15) is 19.4 Å². The van der Waals surface area contributed by atoms with Crippen LogP contribution in [0.4, 0.5) is 15.8 Å². The van der Waals surface area contributed by atoms with E-state index in [0.717, 1.165) is 12.1 Å². The molecule has 0 spiro atoms. The maximum atomic E-state index is 13.1. The summed E-state index contributed by atoms with van der Waals surface area (Å²) >= 11 is 5.70. The van der Waals surface area contributed by atoms with Gasteiger partial charge < -0.3 is 10.6 Å². The van der Waals surface area contributed by atoms with Gasteiger partial charge in [-0.05, 0) is 49.2 Å². The molecule has 0 aliphatic carbocycles. The molecule has 2 N–H and O–H groups in total. The Labute approximate surface area is 134 Å². The highest BCUT2D eigenvalue weighted by molar-refractivity contribution is 6.31. The van der Waals surface area contributed by atoms with Gasteiger partial charge in [0, 0.05) is 11.4 Å². The SMILES string of the molecule is CCc1cccc(NC(C)C(=O)Nc2ccc(F)c(Cl)c2)c1. The van der Waals surface area contributed by atoms with Crippen LogP contribution in [0.25, 0.3) is 0 Å². The second kappa shape index (κ2) is 7.27. The molecule has 22 heavy (non-hydrogen) atoms. The molecule has 5 heteroatoms. The van der Waals surface area contributed by atoms with Gasteiger partial charge >= 0.3 is 0 Å². The molecule has 3 nitrogen and oxygen atoms in total. The lowest BCUT2D eigenvalue weighted by molar-refractivity contribution is -0.116. The lowest BCUT2D eigenvalue weighted by atomic mass is 10.1. The second-order valence-corrected chi connectivity index (χ2v) is 5.45. The Hall–Kier alpha value is -2.07. The minimum absolute atomic E-state index is 0.0194. The molecule has 2 aromatic rings. The Kier molecular flexibility index (Phi) is 5.39. The number of hydrogen-bond donors (Lipinski definition) is 2. The highest BCUT2D eigenvalue weighted by Crippen LogP contribution is 2.20. The third kappa shape index (κ3) is 4.21. The first kappa shape index (κ1) is 16.3. The number of amides is 1. The van der Waals surface area contributed by atoms with Gasteiger partial charge in [0.15, 0.2) is 0 Å². The predicted octanol–water partition coefficient (Wildman–Crippen LogP) is 4.48. The first-order chi connectivity index (χ1) is 10.5. The van der Waals surface area contributed by atoms with Crippen molar-refractivity contribution < 1.29 is 9.18 Å². The summed E-state index contributed by atoms with van der Waals surface area (Å²) in [6.45, 7) is 3.84. The van der Waals surface area contributed by atoms with Crippen molar-refractivity contribution >= 4 is 28.9 Å². The summed E-state index contributed by atoms with van der Waals surface area (Å²) in [5.74, 6) is -0.730. The van der Waals surface area contributed by atoms with Crippen molar-refractivity contribution in [1.29, 1.82) is 0 Å². The summed E-state index contributed by atoms with van der Waals surface area (Å²) in [5.41, 5.74) is 2.55. The van der Waals surface area contributed by atoms with E-state index in [1.54, 1.807) is 6.92 Å². The summed E-state index contributed by atoms with van der Waals surface area (Å²) in [5, 5.41) is 5.83. The fourth-order valence-electron chi connectivity index (χ4n) is 2.02. The Morgan fingerprint density at radius 2 is 2.00 bits per heavy atom. The molecule has 2 rings (SSSR count). The average Bonchev–Trinajstić information content (AvgIpc) is 2.51. The number of anilines is 2. The van der Waals surface area contributed by atoms with Crippen LogP contribution < -0.4 is 10.6 Å². The van der Waals surface area contributed by atoms with Crippen LogP contribution in [-0.4, -0.2) is 11.9 Å². The van der Waals surface area contributed by atoms with Crippen molar-refractivity contribution in [3.63, 3.8) is 0 Å². The zero-order valence-electron chi connectivity index (χ0n) is 12.5. The van der Waals surface area contributed by atoms with Crippen molar-refractivity contribution in [3.05, 3.63) is 58.9 Å². The maximum absolute atomic E-state index is 13.1. The Morgan fingerprint density at radius 3 is 2.68 bits per heavy atom. The number of benzene rings is 2. The first-order valence-electron chi connectivity index (χ1n) is 7.11. The van der Waals surface area contributed by atoms with E-state index in [0.29, 0.717) is 5.69 Å². The van der Waals surface area contributed by atoms with Crippen molar-refractivity contribution in [1.82, 2.24) is 0 Å². The van der Waals surface area contributed by atoms with E-state index < -0.39 is 11.9 Å². The van der Waals surface area contributed by atoms with Gasteiger partial charge in [-0.25, -0.2) is 4.39 Å². The lowest BCUT2D eigenvalue weighted by Crippen LogP contribution is -2.31. The molecule has 0 bridgehead atoms. The number of carbonyl (C=O) groups excluding carboxylic acids is 1. The second-order valence-electron chi connectivity index (χ2n) is 5.04. The van der Waals surface area contributed by atoms with E-state index in [9.17, 15) is 9.18 Å². The number of nitrogens with one attached hydrogen (secondary N) is 2. The number of aryl methyl sites for hydroxylation is 1. The standard InChI is InChI=1S/C17H18ClFN2O/c1-3-12-5-4-6-13(9-12)20-11(2)17(22)21-14-7-8-16(19)15(18)10-14/h4-11,20H,3H2,1-2H3,(H,21,22). The zero-order chi connectivity index (χ0) is 16.1. The summed E-state index contributed by atoms with van der Waals surface area (Å²) in [6.07, 6.45) is 0.935. The van der Waals surface area contributed by atoms with Crippen LogP contribution in [-0.2, 0) is 11.2 Å². The number of rotatable bonds is 5. The van der Waals surface area contributed by atoms with Gasteiger partial charge in [-0.15, -0.1) is 0 Å². The molecule has 0 aromatic heterocycles. The van der Waals surface area contributed by atoms with E-state index in [4.69, 9.17) is 11.6 Å². The van der Waals surface area contributed by atoms with Gasteiger partial charge in [0.2, 0.25) is 5.91 Å². The quantitative estimate of drug-likeness (QED) is 0.852. The van der Waals surface area contributed by atoms with Gasteiger partial charge in [-0.1, -0.05) is 30.7 Å². The molecule has 2 aromatic carbocycles. The Morgan fingerprint density at radius 1 is 1.23 bits per heavy atom. The molecule has 0 aliphatic rings. The van der Waals surface area contributed by atoms with Crippen molar-refractivity contribution in [2.24, 2.45) is 0 Å². The average molecular weight is 321 g/mol. The van der Waals surface area contributed by atoms with E-state index in [1.807, 2.05) is 24.3 Å². The molecule has 1 atom stereocenters. The monoisotopic (exact) mass is 320 g/mol. The molecule has 0 fully saturated rings. The molecule has 116 valence electrons. The van der Waals surface area contributed by atoms with Crippen LogP contribution in [0, 0.1) is 5.82 Å². The Balaban J connectivity index is 2.00. The minimum Gasteiger partial charge on any atom is -0.374 e. The highest BCUT2D eigenvalue weighted by atomic mass is 35.5. The number of hydrogen-bond acceptors (Lipinski definition) is 2. The van der Waals surface area contributed by atoms with Gasteiger partial charge in [0.05, 0.1) is 5.02 Å². The summed E-state index contributed by atoms with van der Waals surface area (Å²) < 4.78 is 13.1. The van der Waals surface area contributed by atoms with E-state index in [1.165, 1.54) is 23.8 Å². The molecule has 0 radical (unpaired) electrons. The zero-order valence-corrected chi connectivity index (χ0v) is 13.2. The molecule has 1 unspecified atom stereocenters. The van der Waals surface area contributed by atoms with Gasteiger partial charge in [-0.3, -0.25) is 4.79 Å². The smallest absolute Gasteiger partial charge is 0.246 e. The molecule has 0 saturated heterocycles. The highest BCUT2D eigenvalue weighted by Gasteiger charge is 2.13. The Bertz CT molecular complexity index is 675. The predicted molar refractivity (Wildman–Crippen MR) is 88.9 cm³/mol. The summed E-state index contributed by atoms with van der Waals surface area (Å²) in [6, 6.07) is 11.6. The van der Waals surface area contributed by atoms with Gasteiger partial charge in [0.25, 0.3) is 0 Å². The molecule has 1 amide bonds. The molecule has 0 saturated carbocycles. The molecular formula is C17H18ClFN2O. The first-order valence-corrected chi connectivity index (χ1v) is 7.48. The summed E-state index contributed by atoms with van der Waals surface area (Å²) in [4.78, 5) is 12.2. The summed E-state index contributed by atoms with van der Waals surface area (Å²) in [7, 11) is 0. The van der Waals surface area contributed by atoms with Gasteiger partial charge in [-0.2, -0.15) is 0 Å². The van der Waals surface area contributed by atoms with Crippen LogP contribution >= 0.6 is 11.6 Å². The van der Waals surface area contributed by atoms with Crippen molar-refractivity contribution in [3.8, 4) is 0 Å². The number of carbonyl (C=O) groups is 1. The molecule has 0 heterocycles. The van der Waals surface area contributed by atoms with Gasteiger partial charge in [0.1, 0.15) is 11.9 Å². The third-order valence-electron chi connectivity index (χ3n) is 3.30. The van der Waals surface area contributed by atoms with E-state index in [2.05, 4.69) is 17.6 Å². The fraction of sp³-hybridized carbons (Fsp3) is 0.235. The van der Waals surface area contributed by atoms with E-state index >= 15 is 0 Å². The topological polar surface area (TPSA) is 41.1 Å². The van der Waals surface area contributed by atoms with Crippen LogP contribution in [0.2, 0.25) is 5.02 Å². The normalized spacial score (nSPS) is 11.8. The fourth-order valence-corrected chi connectivity index (χ4v) is 2.20. The molecular weight excluding hydrogens is 303 g/mol. The van der Waals surface area contributed by atoms with Crippen molar-refractivity contribution in [2.75, 3.05) is 10.6 Å². The largest absolute Gasteiger partial charge is 0.374 e. The number of halogens is 2. The van der Waals surface area contributed by atoms with Crippen LogP contribution in [0.5, 0.6) is 0 Å². The molecule has 0 aliphatic heterocycles. The van der Waals surface area contributed by atoms with Crippen LogP contribution in [0.3, 0.4) is 0 Å². The van der Waals surface area contributed by atoms with Crippen LogP contribution in [0.15, 0.2) is 42.5 Å². The maximum Gasteiger partial charge on any atom is 0.246 e. The van der Waals surface area contributed by atoms with E-state index in [-0.39, 0.29) is 10.9 Å². The minimum atomic E-state index is -0.512.